The Morgan fingerprint density at radius 3 is 2.56 bits per heavy atom. The highest BCUT2D eigenvalue weighted by Crippen LogP contribution is 2.14. The Balaban J connectivity index is 2.68. The van der Waals surface area contributed by atoms with Crippen LogP contribution in [0.5, 0.6) is 0 Å². The minimum Gasteiger partial charge on any atom is -0.396 e. The van der Waals surface area contributed by atoms with Gasteiger partial charge in [-0.3, -0.25) is 4.79 Å². The normalized spacial score (nSPS) is 11.3. The van der Waals surface area contributed by atoms with Gasteiger partial charge in [-0.2, -0.15) is 0 Å². The number of aliphatic hydroxyl groups is 1. The molecule has 0 radical (unpaired) electrons. The first-order valence-corrected chi connectivity index (χ1v) is 5.97. The Hall–Kier alpha value is -1.62. The lowest BCUT2D eigenvalue weighted by molar-refractivity contribution is 0.0314. The summed E-state index contributed by atoms with van der Waals surface area (Å²) in [6.45, 7) is 3.84. The zero-order chi connectivity index (χ0) is 13.8. The van der Waals surface area contributed by atoms with Crippen LogP contribution < -0.4 is 11.1 Å². The molecule has 4 N–H and O–H groups in total. The Morgan fingerprint density at radius 2 is 2.06 bits per heavy atom. The second-order valence-corrected chi connectivity index (χ2v) is 4.35. The molecule has 0 aliphatic carbocycles. The third-order valence-electron chi connectivity index (χ3n) is 3.16. The van der Waals surface area contributed by atoms with Crippen molar-refractivity contribution in [2.24, 2.45) is 0 Å². The number of halogens is 1. The summed E-state index contributed by atoms with van der Waals surface area (Å²) in [7, 11) is 0. The van der Waals surface area contributed by atoms with Crippen molar-refractivity contribution in [2.45, 2.75) is 32.3 Å². The summed E-state index contributed by atoms with van der Waals surface area (Å²) in [5, 5.41) is 12.6. The monoisotopic (exact) mass is 254 g/mol. The van der Waals surface area contributed by atoms with E-state index in [1.165, 1.54) is 12.1 Å². The molecule has 0 saturated heterocycles. The molecule has 1 aromatic carbocycles. The SMILES string of the molecule is CCC(O)(CC)CNC(=O)c1ccc(N)c(F)c1. The van der Waals surface area contributed by atoms with Gasteiger partial charge in [0.15, 0.2) is 0 Å². The van der Waals surface area contributed by atoms with E-state index in [9.17, 15) is 14.3 Å². The van der Waals surface area contributed by atoms with E-state index in [0.717, 1.165) is 6.07 Å². The zero-order valence-corrected chi connectivity index (χ0v) is 10.7. The van der Waals surface area contributed by atoms with Gasteiger partial charge in [0, 0.05) is 12.1 Å². The van der Waals surface area contributed by atoms with Crippen LogP contribution in [0.2, 0.25) is 0 Å². The summed E-state index contributed by atoms with van der Waals surface area (Å²) in [6, 6.07) is 3.88. The summed E-state index contributed by atoms with van der Waals surface area (Å²) in [4.78, 5) is 11.8. The van der Waals surface area contributed by atoms with Crippen molar-refractivity contribution in [3.8, 4) is 0 Å². The molecule has 0 saturated carbocycles. The van der Waals surface area contributed by atoms with E-state index in [1.807, 2.05) is 13.8 Å². The molecular weight excluding hydrogens is 235 g/mol. The van der Waals surface area contributed by atoms with E-state index in [1.54, 1.807) is 0 Å². The van der Waals surface area contributed by atoms with Crippen LogP contribution >= 0.6 is 0 Å². The molecule has 1 aromatic rings. The Bertz CT molecular complexity index is 431. The van der Waals surface area contributed by atoms with Crippen molar-refractivity contribution in [1.29, 1.82) is 0 Å². The number of benzene rings is 1. The van der Waals surface area contributed by atoms with Crippen LogP contribution in [-0.2, 0) is 0 Å². The summed E-state index contributed by atoms with van der Waals surface area (Å²) in [5.74, 6) is -1.04. The van der Waals surface area contributed by atoms with Crippen molar-refractivity contribution in [2.75, 3.05) is 12.3 Å². The number of hydrogen-bond donors (Lipinski definition) is 3. The van der Waals surface area contributed by atoms with E-state index in [2.05, 4.69) is 5.32 Å². The first-order chi connectivity index (χ1) is 8.41. The average molecular weight is 254 g/mol. The van der Waals surface area contributed by atoms with Crippen LogP contribution in [-0.4, -0.2) is 23.2 Å². The quantitative estimate of drug-likeness (QED) is 0.700. The molecule has 0 aromatic heterocycles. The standard InChI is InChI=1S/C13H19FN2O2/c1-3-13(18,4-2)8-16-12(17)9-5-6-11(15)10(14)7-9/h5-7,18H,3-4,8,15H2,1-2H3,(H,16,17). The van der Waals surface area contributed by atoms with E-state index in [4.69, 9.17) is 5.73 Å². The van der Waals surface area contributed by atoms with Crippen molar-refractivity contribution < 1.29 is 14.3 Å². The molecule has 1 rings (SSSR count). The molecule has 0 atom stereocenters. The number of carbonyl (C=O) groups excluding carboxylic acids is 1. The number of hydrogen-bond acceptors (Lipinski definition) is 3. The van der Waals surface area contributed by atoms with Crippen molar-refractivity contribution in [1.82, 2.24) is 5.32 Å². The lowest BCUT2D eigenvalue weighted by Crippen LogP contribution is -2.42. The van der Waals surface area contributed by atoms with Crippen molar-refractivity contribution >= 4 is 11.6 Å². The minimum atomic E-state index is -0.915. The third kappa shape index (κ3) is 3.43. The van der Waals surface area contributed by atoms with Crippen molar-refractivity contribution in [3.05, 3.63) is 29.6 Å². The van der Waals surface area contributed by atoms with Gasteiger partial charge in [-0.25, -0.2) is 4.39 Å². The molecule has 0 spiro atoms. The second-order valence-electron chi connectivity index (χ2n) is 4.35. The van der Waals surface area contributed by atoms with Gasteiger partial charge < -0.3 is 16.2 Å². The van der Waals surface area contributed by atoms with Crippen LogP contribution in [0.25, 0.3) is 0 Å². The highest BCUT2D eigenvalue weighted by molar-refractivity contribution is 5.94. The molecule has 0 fully saturated rings. The number of carbonyl (C=O) groups is 1. The van der Waals surface area contributed by atoms with E-state index in [0.29, 0.717) is 12.8 Å². The number of nitrogens with one attached hydrogen (secondary N) is 1. The third-order valence-corrected chi connectivity index (χ3v) is 3.16. The Morgan fingerprint density at radius 1 is 1.44 bits per heavy atom. The lowest BCUT2D eigenvalue weighted by atomic mass is 9.97. The molecule has 0 unspecified atom stereocenters. The second kappa shape index (κ2) is 5.82. The zero-order valence-electron chi connectivity index (χ0n) is 10.7. The van der Waals surface area contributed by atoms with Crippen LogP contribution in [0.3, 0.4) is 0 Å². The molecule has 0 aliphatic rings. The fourth-order valence-corrected chi connectivity index (χ4v) is 1.52. The molecule has 4 nitrogen and oxygen atoms in total. The first kappa shape index (κ1) is 14.4. The van der Waals surface area contributed by atoms with Gasteiger partial charge in [-0.1, -0.05) is 13.8 Å². The minimum absolute atomic E-state index is 0.00479. The van der Waals surface area contributed by atoms with Crippen LogP contribution in [0.1, 0.15) is 37.0 Å². The summed E-state index contributed by atoms with van der Waals surface area (Å²) in [5.41, 5.74) is 4.61. The summed E-state index contributed by atoms with van der Waals surface area (Å²) in [6.07, 6.45) is 1.08. The smallest absolute Gasteiger partial charge is 0.251 e. The first-order valence-electron chi connectivity index (χ1n) is 5.97. The molecule has 5 heteroatoms. The highest BCUT2D eigenvalue weighted by atomic mass is 19.1. The largest absolute Gasteiger partial charge is 0.396 e. The number of rotatable bonds is 5. The Labute approximate surface area is 106 Å². The van der Waals surface area contributed by atoms with Gasteiger partial charge in [0.25, 0.3) is 5.91 Å². The number of nitrogens with two attached hydrogens (primary N) is 1. The van der Waals surface area contributed by atoms with Gasteiger partial charge >= 0.3 is 0 Å². The molecule has 0 bridgehead atoms. The number of amides is 1. The van der Waals surface area contributed by atoms with Crippen molar-refractivity contribution in [3.63, 3.8) is 0 Å². The lowest BCUT2D eigenvalue weighted by Gasteiger charge is -2.25. The predicted molar refractivity (Wildman–Crippen MR) is 68.7 cm³/mol. The van der Waals surface area contributed by atoms with Gasteiger partial charge in [-0.05, 0) is 31.0 Å². The molecule has 100 valence electrons. The number of anilines is 1. The van der Waals surface area contributed by atoms with Gasteiger partial charge in [0.1, 0.15) is 5.82 Å². The molecule has 1 amide bonds. The van der Waals surface area contributed by atoms with Crippen LogP contribution in [0.15, 0.2) is 18.2 Å². The maximum Gasteiger partial charge on any atom is 0.251 e. The molecular formula is C13H19FN2O2. The van der Waals surface area contributed by atoms with E-state index >= 15 is 0 Å². The molecule has 0 heterocycles. The number of nitrogen functional groups attached to an aromatic ring is 1. The summed E-state index contributed by atoms with van der Waals surface area (Å²) < 4.78 is 13.2. The Kier molecular flexibility index (Phi) is 4.67. The fraction of sp³-hybridized carbons (Fsp3) is 0.462. The fourth-order valence-electron chi connectivity index (χ4n) is 1.52. The van der Waals surface area contributed by atoms with Gasteiger partial charge in [0.05, 0.1) is 11.3 Å². The maximum absolute atomic E-state index is 13.2. The van der Waals surface area contributed by atoms with E-state index in [-0.39, 0.29) is 17.8 Å². The maximum atomic E-state index is 13.2. The molecule has 18 heavy (non-hydrogen) atoms. The topological polar surface area (TPSA) is 75.3 Å². The summed E-state index contributed by atoms with van der Waals surface area (Å²) >= 11 is 0. The highest BCUT2D eigenvalue weighted by Gasteiger charge is 2.23. The van der Waals surface area contributed by atoms with Crippen LogP contribution in [0.4, 0.5) is 10.1 Å². The van der Waals surface area contributed by atoms with Gasteiger partial charge in [0.2, 0.25) is 0 Å². The van der Waals surface area contributed by atoms with Crippen LogP contribution in [0, 0.1) is 5.82 Å². The molecule has 0 aliphatic heterocycles. The van der Waals surface area contributed by atoms with E-state index < -0.39 is 17.3 Å². The van der Waals surface area contributed by atoms with Gasteiger partial charge in [-0.15, -0.1) is 0 Å². The average Bonchev–Trinajstić information content (AvgIpc) is 2.38. The predicted octanol–water partition coefficient (Wildman–Crippen LogP) is 1.69.